The molecule has 0 bridgehead atoms. The average molecular weight is 266 g/mol. The van der Waals surface area contributed by atoms with Crippen LogP contribution < -0.4 is 5.73 Å². The van der Waals surface area contributed by atoms with E-state index in [4.69, 9.17) is 22.1 Å². The first-order chi connectivity index (χ1) is 8.79. The second-order valence-electron chi connectivity index (χ2n) is 4.60. The number of fused-ring (bicyclic) bond motifs is 1. The van der Waals surface area contributed by atoms with Crippen LogP contribution in [-0.4, -0.2) is 22.7 Å². The van der Waals surface area contributed by atoms with Crippen LogP contribution in [-0.2, 0) is 11.3 Å². The maximum Gasteiger partial charge on any atom is 0.136 e. The molecule has 0 spiro atoms. The number of ether oxygens (including phenoxy) is 1. The number of benzene rings is 1. The Morgan fingerprint density at radius 3 is 3.00 bits per heavy atom. The molecule has 3 rings (SSSR count). The highest BCUT2D eigenvalue weighted by Crippen LogP contribution is 2.39. The fraction of sp³-hybridized carbons (Fsp3) is 0.462. The molecule has 1 fully saturated rings. The Labute approximate surface area is 111 Å². The second kappa shape index (κ2) is 4.88. The van der Waals surface area contributed by atoms with Gasteiger partial charge in [-0.1, -0.05) is 11.6 Å². The van der Waals surface area contributed by atoms with Gasteiger partial charge in [0, 0.05) is 17.6 Å². The predicted molar refractivity (Wildman–Crippen MR) is 71.7 cm³/mol. The summed E-state index contributed by atoms with van der Waals surface area (Å²) in [6.07, 6.45) is 2.42. The van der Waals surface area contributed by atoms with Crippen LogP contribution in [0.5, 0.6) is 0 Å². The lowest BCUT2D eigenvalue weighted by Crippen LogP contribution is -2.10. The van der Waals surface area contributed by atoms with Gasteiger partial charge in [0.25, 0.3) is 0 Å². The van der Waals surface area contributed by atoms with Crippen LogP contribution in [0.15, 0.2) is 18.2 Å². The highest BCUT2D eigenvalue weighted by Gasteiger charge is 2.28. The van der Waals surface area contributed by atoms with Gasteiger partial charge in [-0.2, -0.15) is 0 Å². The van der Waals surface area contributed by atoms with Gasteiger partial charge in [-0.15, -0.1) is 0 Å². The lowest BCUT2D eigenvalue weighted by atomic mass is 10.3. The van der Waals surface area contributed by atoms with Crippen LogP contribution in [0.25, 0.3) is 11.0 Å². The Hall–Kier alpha value is -1.10. The molecule has 0 saturated heterocycles. The molecule has 0 aliphatic heterocycles. The van der Waals surface area contributed by atoms with E-state index in [9.17, 15) is 0 Å². The highest BCUT2D eigenvalue weighted by molar-refractivity contribution is 6.31. The van der Waals surface area contributed by atoms with Gasteiger partial charge in [-0.05, 0) is 31.0 Å². The minimum atomic E-state index is 0.514. The van der Waals surface area contributed by atoms with Gasteiger partial charge in [0.1, 0.15) is 12.4 Å². The SMILES string of the molecule is NCCOCc1nc2ccc(Cl)cc2n1C1CC1. The number of aromatic nitrogens is 2. The molecule has 1 saturated carbocycles. The van der Waals surface area contributed by atoms with Crippen molar-refractivity contribution in [2.24, 2.45) is 5.73 Å². The van der Waals surface area contributed by atoms with Crippen molar-refractivity contribution in [3.8, 4) is 0 Å². The van der Waals surface area contributed by atoms with E-state index in [0.29, 0.717) is 25.8 Å². The lowest BCUT2D eigenvalue weighted by molar-refractivity contribution is 0.120. The van der Waals surface area contributed by atoms with E-state index in [0.717, 1.165) is 21.9 Å². The Balaban J connectivity index is 1.98. The third-order valence-corrected chi connectivity index (χ3v) is 3.37. The second-order valence-corrected chi connectivity index (χ2v) is 5.04. The molecule has 0 atom stereocenters. The molecule has 1 heterocycles. The number of hydrogen-bond acceptors (Lipinski definition) is 3. The summed E-state index contributed by atoms with van der Waals surface area (Å²) in [4.78, 5) is 4.63. The first-order valence-corrected chi connectivity index (χ1v) is 6.61. The molecule has 1 aromatic heterocycles. The zero-order chi connectivity index (χ0) is 12.5. The van der Waals surface area contributed by atoms with Gasteiger partial charge < -0.3 is 15.0 Å². The summed E-state index contributed by atoms with van der Waals surface area (Å²) in [6, 6.07) is 6.38. The summed E-state index contributed by atoms with van der Waals surface area (Å²) in [7, 11) is 0. The maximum atomic E-state index is 6.06. The minimum absolute atomic E-state index is 0.514. The molecule has 1 aromatic carbocycles. The van der Waals surface area contributed by atoms with Gasteiger partial charge in [0.15, 0.2) is 0 Å². The summed E-state index contributed by atoms with van der Waals surface area (Å²) in [5.74, 6) is 0.975. The van der Waals surface area contributed by atoms with Gasteiger partial charge >= 0.3 is 0 Å². The van der Waals surface area contributed by atoms with E-state index in [1.165, 1.54) is 12.8 Å². The van der Waals surface area contributed by atoms with Crippen LogP contribution in [0, 0.1) is 0 Å². The summed E-state index contributed by atoms with van der Waals surface area (Å²) in [5.41, 5.74) is 7.52. The number of nitrogens with two attached hydrogens (primary N) is 1. The molecule has 96 valence electrons. The molecule has 0 amide bonds. The van der Waals surface area contributed by atoms with Crippen molar-refractivity contribution in [3.05, 3.63) is 29.0 Å². The molecular formula is C13H16ClN3O. The summed E-state index contributed by atoms with van der Waals surface area (Å²) >= 11 is 6.06. The van der Waals surface area contributed by atoms with Crippen LogP contribution >= 0.6 is 11.6 Å². The topological polar surface area (TPSA) is 53.1 Å². The third kappa shape index (κ3) is 2.23. The number of halogens is 1. The third-order valence-electron chi connectivity index (χ3n) is 3.13. The van der Waals surface area contributed by atoms with Crippen molar-refractivity contribution >= 4 is 22.6 Å². The van der Waals surface area contributed by atoms with Crippen molar-refractivity contribution in [3.63, 3.8) is 0 Å². The molecule has 2 aromatic rings. The monoisotopic (exact) mass is 265 g/mol. The molecule has 18 heavy (non-hydrogen) atoms. The van der Waals surface area contributed by atoms with Gasteiger partial charge in [0.2, 0.25) is 0 Å². The highest BCUT2D eigenvalue weighted by atomic mass is 35.5. The molecular weight excluding hydrogens is 250 g/mol. The molecule has 1 aliphatic rings. The summed E-state index contributed by atoms with van der Waals surface area (Å²) < 4.78 is 7.77. The number of hydrogen-bond donors (Lipinski definition) is 1. The summed E-state index contributed by atoms with van der Waals surface area (Å²) in [6.45, 7) is 1.62. The largest absolute Gasteiger partial charge is 0.372 e. The van der Waals surface area contributed by atoms with Gasteiger partial charge in [0.05, 0.1) is 17.6 Å². The first kappa shape index (κ1) is 12.0. The van der Waals surface area contributed by atoms with Crippen LogP contribution in [0.1, 0.15) is 24.7 Å². The van der Waals surface area contributed by atoms with E-state index >= 15 is 0 Å². The van der Waals surface area contributed by atoms with Crippen LogP contribution in [0.4, 0.5) is 0 Å². The van der Waals surface area contributed by atoms with Crippen molar-refractivity contribution in [1.29, 1.82) is 0 Å². The fourth-order valence-corrected chi connectivity index (χ4v) is 2.37. The molecule has 5 heteroatoms. The average Bonchev–Trinajstić information content (AvgIpc) is 3.12. The van der Waals surface area contributed by atoms with Crippen molar-refractivity contribution in [2.75, 3.05) is 13.2 Å². The van der Waals surface area contributed by atoms with Gasteiger partial charge in [-0.3, -0.25) is 0 Å². The number of nitrogens with zero attached hydrogens (tertiary/aromatic N) is 2. The normalized spacial score (nSPS) is 15.4. The Bertz CT molecular complexity index is 563. The van der Waals surface area contributed by atoms with E-state index in [1.807, 2.05) is 18.2 Å². The summed E-state index contributed by atoms with van der Waals surface area (Å²) in [5, 5.41) is 0.749. The number of rotatable bonds is 5. The van der Waals surface area contributed by atoms with E-state index in [2.05, 4.69) is 9.55 Å². The first-order valence-electron chi connectivity index (χ1n) is 6.24. The fourth-order valence-electron chi connectivity index (χ4n) is 2.20. The minimum Gasteiger partial charge on any atom is -0.372 e. The maximum absolute atomic E-state index is 6.06. The standard InChI is InChI=1S/C13H16ClN3O/c14-9-1-4-11-12(7-9)17(10-2-3-10)13(16-11)8-18-6-5-15/h1,4,7,10H,2-3,5-6,8,15H2. The molecule has 0 radical (unpaired) electrons. The molecule has 2 N–H and O–H groups in total. The van der Waals surface area contributed by atoms with Crippen LogP contribution in [0.3, 0.4) is 0 Å². The number of imidazole rings is 1. The lowest BCUT2D eigenvalue weighted by Gasteiger charge is -2.07. The quantitative estimate of drug-likeness (QED) is 0.845. The van der Waals surface area contributed by atoms with Crippen molar-refractivity contribution in [1.82, 2.24) is 9.55 Å². The zero-order valence-electron chi connectivity index (χ0n) is 10.1. The molecule has 4 nitrogen and oxygen atoms in total. The smallest absolute Gasteiger partial charge is 0.136 e. The molecule has 0 unspecified atom stereocenters. The van der Waals surface area contributed by atoms with E-state index in [-0.39, 0.29) is 0 Å². The zero-order valence-corrected chi connectivity index (χ0v) is 10.9. The van der Waals surface area contributed by atoms with Crippen molar-refractivity contribution < 1.29 is 4.74 Å². The van der Waals surface area contributed by atoms with E-state index in [1.54, 1.807) is 0 Å². The van der Waals surface area contributed by atoms with E-state index < -0.39 is 0 Å². The Morgan fingerprint density at radius 1 is 1.44 bits per heavy atom. The predicted octanol–water partition coefficient (Wildman–Crippen LogP) is 2.50. The van der Waals surface area contributed by atoms with Gasteiger partial charge in [-0.25, -0.2) is 4.98 Å². The molecule has 1 aliphatic carbocycles. The Kier molecular flexibility index (Phi) is 3.24. The van der Waals surface area contributed by atoms with Crippen molar-refractivity contribution in [2.45, 2.75) is 25.5 Å². The van der Waals surface area contributed by atoms with Crippen LogP contribution in [0.2, 0.25) is 5.02 Å². The Morgan fingerprint density at radius 2 is 2.28 bits per heavy atom.